The fraction of sp³-hybridized carbons (Fsp3) is 0.700. The molecule has 1 fully saturated rings. The Balaban J connectivity index is 2.35. The SMILES string of the molecule is CCOC(=O)C=CC1CC[NH+]([B-](Cl)(Cl)Cl)CC1. The number of rotatable bonds is 4. The molecule has 17 heavy (non-hydrogen) atoms. The van der Waals surface area contributed by atoms with E-state index < -0.39 is 4.53 Å². The highest BCUT2D eigenvalue weighted by atomic mass is 35.6. The molecular formula is C10H17BCl3NO2. The van der Waals surface area contributed by atoms with E-state index in [9.17, 15) is 4.79 Å². The van der Waals surface area contributed by atoms with E-state index in [1.165, 1.54) is 6.08 Å². The summed E-state index contributed by atoms with van der Waals surface area (Å²) in [5, 5.41) is 0. The number of quaternary nitrogens is 1. The van der Waals surface area contributed by atoms with Crippen LogP contribution in [0.3, 0.4) is 0 Å². The van der Waals surface area contributed by atoms with E-state index in [4.69, 9.17) is 39.1 Å². The first kappa shape index (κ1) is 15.2. The van der Waals surface area contributed by atoms with Gasteiger partial charge in [-0.2, -0.15) is 0 Å². The summed E-state index contributed by atoms with van der Waals surface area (Å²) in [5.41, 5.74) is 0. The monoisotopic (exact) mass is 299 g/mol. The molecule has 0 unspecified atom stereocenters. The van der Waals surface area contributed by atoms with Crippen molar-refractivity contribution >= 4 is 44.9 Å². The quantitative estimate of drug-likeness (QED) is 0.485. The van der Waals surface area contributed by atoms with Crippen LogP contribution in [0.25, 0.3) is 0 Å². The van der Waals surface area contributed by atoms with Gasteiger partial charge in [0.2, 0.25) is 0 Å². The van der Waals surface area contributed by atoms with Crippen LogP contribution in [0.2, 0.25) is 0 Å². The number of ether oxygens (including phenoxy) is 1. The van der Waals surface area contributed by atoms with E-state index in [2.05, 4.69) is 0 Å². The lowest BCUT2D eigenvalue weighted by Gasteiger charge is -2.38. The van der Waals surface area contributed by atoms with E-state index in [1.54, 1.807) is 6.92 Å². The van der Waals surface area contributed by atoms with Crippen molar-refractivity contribution in [2.45, 2.75) is 19.8 Å². The van der Waals surface area contributed by atoms with Crippen LogP contribution in [0, 0.1) is 5.92 Å². The first-order valence-electron chi connectivity index (χ1n) is 5.83. The number of esters is 1. The molecule has 0 atom stereocenters. The van der Waals surface area contributed by atoms with Crippen LogP contribution >= 0.6 is 34.4 Å². The Morgan fingerprint density at radius 3 is 2.47 bits per heavy atom. The molecule has 0 radical (unpaired) electrons. The summed E-state index contributed by atoms with van der Waals surface area (Å²) >= 11 is 17.7. The number of halogens is 3. The smallest absolute Gasteiger partial charge is 0.461 e. The van der Waals surface area contributed by atoms with Gasteiger partial charge in [0, 0.05) is 19.2 Å². The van der Waals surface area contributed by atoms with E-state index >= 15 is 0 Å². The maximum Gasteiger partial charge on any atom is 0.461 e. The predicted octanol–water partition coefficient (Wildman–Crippen LogP) is 1.55. The molecule has 1 saturated heterocycles. The maximum absolute atomic E-state index is 11.1. The van der Waals surface area contributed by atoms with Crippen molar-refractivity contribution < 1.29 is 14.3 Å². The van der Waals surface area contributed by atoms with Gasteiger partial charge in [0.05, 0.1) is 6.61 Å². The zero-order valence-corrected chi connectivity index (χ0v) is 12.1. The number of piperidine rings is 1. The summed E-state index contributed by atoms with van der Waals surface area (Å²) in [6, 6.07) is 0. The molecule has 1 aliphatic rings. The van der Waals surface area contributed by atoms with Crippen molar-refractivity contribution in [1.29, 1.82) is 0 Å². The van der Waals surface area contributed by atoms with Gasteiger partial charge in [0.25, 0.3) is 0 Å². The lowest BCUT2D eigenvalue weighted by molar-refractivity contribution is -0.795. The summed E-state index contributed by atoms with van der Waals surface area (Å²) in [6.07, 6.45) is 5.27. The zero-order chi connectivity index (χ0) is 12.9. The molecule has 0 aromatic carbocycles. The Bertz CT molecular complexity index is 286. The zero-order valence-electron chi connectivity index (χ0n) is 9.80. The highest BCUT2D eigenvalue weighted by Gasteiger charge is 2.32. The molecule has 1 N–H and O–H groups in total. The fourth-order valence-electron chi connectivity index (χ4n) is 1.94. The van der Waals surface area contributed by atoms with Gasteiger partial charge in [-0.3, -0.25) is 34.4 Å². The molecule has 0 amide bonds. The third kappa shape index (κ3) is 5.51. The minimum Gasteiger partial charge on any atom is -0.485 e. The van der Waals surface area contributed by atoms with E-state index in [0.29, 0.717) is 12.5 Å². The van der Waals surface area contributed by atoms with Gasteiger partial charge in [0.1, 0.15) is 0 Å². The molecule has 7 heteroatoms. The Morgan fingerprint density at radius 2 is 2.00 bits per heavy atom. The van der Waals surface area contributed by atoms with Crippen LogP contribution in [-0.4, -0.2) is 30.2 Å². The second kappa shape index (κ2) is 6.88. The highest BCUT2D eigenvalue weighted by Crippen LogP contribution is 2.17. The summed E-state index contributed by atoms with van der Waals surface area (Å²) in [5.74, 6) is 0.0965. The molecule has 0 aromatic heterocycles. The normalized spacial score (nSPS) is 26.1. The van der Waals surface area contributed by atoms with Crippen molar-refractivity contribution in [2.75, 3.05) is 19.7 Å². The van der Waals surface area contributed by atoms with Gasteiger partial charge < -0.3 is 9.55 Å². The van der Waals surface area contributed by atoms with Gasteiger partial charge in [-0.25, -0.2) is 4.79 Å². The average Bonchev–Trinajstić information content (AvgIpc) is 2.26. The second-order valence-corrected chi connectivity index (χ2v) is 6.82. The first-order valence-corrected chi connectivity index (χ1v) is 7.14. The van der Waals surface area contributed by atoms with Gasteiger partial charge in [-0.1, -0.05) is 6.08 Å². The Hall–Kier alpha value is 0.105. The van der Waals surface area contributed by atoms with Gasteiger partial charge in [-0.15, -0.1) is 0 Å². The van der Waals surface area contributed by atoms with Crippen LogP contribution in [0.5, 0.6) is 0 Å². The maximum atomic E-state index is 11.1. The summed E-state index contributed by atoms with van der Waals surface area (Å²) < 4.78 is 2.95. The van der Waals surface area contributed by atoms with Crippen LogP contribution in [0.4, 0.5) is 0 Å². The number of hydrogen-bond acceptors (Lipinski definition) is 2. The van der Waals surface area contributed by atoms with Crippen LogP contribution in [0.15, 0.2) is 12.2 Å². The molecule has 1 heterocycles. The average molecular weight is 300 g/mol. The number of allylic oxidation sites excluding steroid dienone is 1. The number of carbonyl (C=O) groups is 1. The molecule has 0 aliphatic carbocycles. The fourth-order valence-corrected chi connectivity index (χ4v) is 2.59. The van der Waals surface area contributed by atoms with Gasteiger partial charge in [0.15, 0.2) is 0 Å². The van der Waals surface area contributed by atoms with Gasteiger partial charge in [-0.05, 0) is 25.7 Å². The third-order valence-corrected chi connectivity index (χ3v) is 3.85. The molecule has 0 spiro atoms. The Kier molecular flexibility index (Phi) is 6.14. The van der Waals surface area contributed by atoms with Crippen LogP contribution in [0.1, 0.15) is 19.8 Å². The van der Waals surface area contributed by atoms with Crippen molar-refractivity contribution in [3.63, 3.8) is 0 Å². The third-order valence-electron chi connectivity index (χ3n) is 2.93. The minimum absolute atomic E-state index is 0.284. The largest absolute Gasteiger partial charge is 0.485 e. The summed E-state index contributed by atoms with van der Waals surface area (Å²) in [4.78, 5) is 12.2. The predicted molar refractivity (Wildman–Crippen MR) is 72.5 cm³/mol. The summed E-state index contributed by atoms with van der Waals surface area (Å²) in [6.45, 7) is 3.85. The summed E-state index contributed by atoms with van der Waals surface area (Å²) in [7, 11) is 0. The Morgan fingerprint density at radius 1 is 1.41 bits per heavy atom. The van der Waals surface area contributed by atoms with E-state index in [0.717, 1.165) is 30.7 Å². The van der Waals surface area contributed by atoms with Crippen LogP contribution < -0.4 is 4.81 Å². The van der Waals surface area contributed by atoms with Crippen molar-refractivity contribution in [2.24, 2.45) is 5.92 Å². The minimum atomic E-state index is -1.86. The number of nitrogens with one attached hydrogen (secondary N) is 1. The van der Waals surface area contributed by atoms with Gasteiger partial charge >= 0.3 is 10.5 Å². The standard InChI is InChI=1S/C10H17BCl3NO2/c1-2-17-10(16)4-3-9-5-7-15(8-6-9)11(12,13)14/h3-4,9,15H,2,5-8H2,1H3. The molecule has 3 nitrogen and oxygen atoms in total. The lowest BCUT2D eigenvalue weighted by atomic mass is 9.94. The topological polar surface area (TPSA) is 30.7 Å². The molecule has 98 valence electrons. The van der Waals surface area contributed by atoms with Crippen molar-refractivity contribution in [3.05, 3.63) is 12.2 Å². The lowest BCUT2D eigenvalue weighted by Crippen LogP contribution is -3.20. The van der Waals surface area contributed by atoms with E-state index in [1.807, 2.05) is 6.08 Å². The second-order valence-electron chi connectivity index (χ2n) is 4.18. The highest BCUT2D eigenvalue weighted by molar-refractivity contribution is 7.61. The molecule has 1 rings (SSSR count). The molecule has 0 aromatic rings. The van der Waals surface area contributed by atoms with E-state index in [-0.39, 0.29) is 5.97 Å². The van der Waals surface area contributed by atoms with Crippen molar-refractivity contribution in [3.8, 4) is 0 Å². The molecular weight excluding hydrogens is 283 g/mol. The molecule has 0 bridgehead atoms. The number of hydrogen-bond donors (Lipinski definition) is 1. The van der Waals surface area contributed by atoms with Crippen LogP contribution in [-0.2, 0) is 9.53 Å². The number of carbonyl (C=O) groups excluding carboxylic acids is 1. The van der Waals surface area contributed by atoms with Crippen molar-refractivity contribution in [1.82, 2.24) is 0 Å². The Labute approximate surface area is 117 Å². The first-order chi connectivity index (χ1) is 7.93. The molecule has 1 aliphatic heterocycles. The molecule has 0 saturated carbocycles.